The maximum Gasteiger partial charge on any atom is 0.323 e. The number of nitrogens with two attached hydrogens (primary N) is 1. The van der Waals surface area contributed by atoms with E-state index >= 15 is 0 Å². The van der Waals surface area contributed by atoms with E-state index in [2.05, 4.69) is 10.3 Å². The van der Waals surface area contributed by atoms with Crippen molar-refractivity contribution in [1.29, 1.82) is 0 Å². The fourth-order valence-corrected chi connectivity index (χ4v) is 1.17. The lowest BCUT2D eigenvalue weighted by Crippen LogP contribution is -2.33. The van der Waals surface area contributed by atoms with Gasteiger partial charge < -0.3 is 11.1 Å². The Hall–Kier alpha value is -2.04. The van der Waals surface area contributed by atoms with Crippen LogP contribution in [0.5, 0.6) is 0 Å². The van der Waals surface area contributed by atoms with Gasteiger partial charge in [0.25, 0.3) is 0 Å². The summed E-state index contributed by atoms with van der Waals surface area (Å²) >= 11 is 0. The largest absolute Gasteiger partial charge is 0.359 e. The Kier molecular flexibility index (Phi) is 1.63. The fraction of sp³-hybridized carbons (Fsp3) is 0. The number of anilines is 2. The average molecular weight is 176 g/mol. The van der Waals surface area contributed by atoms with Crippen LogP contribution in [0.4, 0.5) is 16.2 Å². The standard InChI is InChI=1S/C8H8N4O/c9-8(13)12-4-3-11-6-1-2-10-5-7(6)12/h1-5,11H,(H2,9,13). The van der Waals surface area contributed by atoms with Crippen LogP contribution in [0.2, 0.25) is 0 Å². The number of amides is 2. The van der Waals surface area contributed by atoms with Crippen LogP contribution < -0.4 is 16.0 Å². The second-order valence-electron chi connectivity index (χ2n) is 2.56. The highest BCUT2D eigenvalue weighted by Crippen LogP contribution is 2.27. The van der Waals surface area contributed by atoms with Crippen molar-refractivity contribution in [2.45, 2.75) is 0 Å². The molecule has 5 nitrogen and oxygen atoms in total. The molecule has 0 saturated carbocycles. The Bertz CT molecular complexity index is 374. The predicted molar refractivity (Wildman–Crippen MR) is 49.1 cm³/mol. The highest BCUT2D eigenvalue weighted by Gasteiger charge is 2.15. The fourth-order valence-electron chi connectivity index (χ4n) is 1.17. The zero-order chi connectivity index (χ0) is 9.26. The normalized spacial score (nSPS) is 13.4. The molecular formula is C8H8N4O. The van der Waals surface area contributed by atoms with Crippen LogP contribution in [-0.4, -0.2) is 11.0 Å². The highest BCUT2D eigenvalue weighted by molar-refractivity contribution is 5.97. The molecule has 13 heavy (non-hydrogen) atoms. The molecule has 2 amide bonds. The van der Waals surface area contributed by atoms with Crippen LogP contribution in [0.25, 0.3) is 0 Å². The van der Waals surface area contributed by atoms with Crippen molar-refractivity contribution < 1.29 is 4.79 Å². The Morgan fingerprint density at radius 1 is 1.62 bits per heavy atom. The number of hydrogen-bond donors (Lipinski definition) is 2. The molecule has 1 aromatic rings. The van der Waals surface area contributed by atoms with Crippen molar-refractivity contribution in [2.75, 3.05) is 10.2 Å². The Morgan fingerprint density at radius 2 is 2.46 bits per heavy atom. The summed E-state index contributed by atoms with van der Waals surface area (Å²) in [4.78, 5) is 16.2. The van der Waals surface area contributed by atoms with E-state index in [1.54, 1.807) is 30.9 Å². The monoisotopic (exact) mass is 176 g/mol. The molecule has 0 aromatic carbocycles. The molecule has 0 aliphatic carbocycles. The number of rotatable bonds is 0. The molecule has 0 fully saturated rings. The molecule has 0 unspecified atom stereocenters. The van der Waals surface area contributed by atoms with Crippen molar-refractivity contribution in [3.63, 3.8) is 0 Å². The van der Waals surface area contributed by atoms with Crippen molar-refractivity contribution >= 4 is 17.4 Å². The van der Waals surface area contributed by atoms with E-state index in [9.17, 15) is 4.79 Å². The summed E-state index contributed by atoms with van der Waals surface area (Å²) in [6.45, 7) is 0. The van der Waals surface area contributed by atoms with Gasteiger partial charge in [-0.1, -0.05) is 0 Å². The summed E-state index contributed by atoms with van der Waals surface area (Å²) in [5, 5.41) is 2.98. The number of urea groups is 1. The second-order valence-corrected chi connectivity index (χ2v) is 2.56. The topological polar surface area (TPSA) is 71.2 Å². The lowest BCUT2D eigenvalue weighted by atomic mass is 10.3. The molecule has 0 spiro atoms. The quantitative estimate of drug-likeness (QED) is 0.616. The van der Waals surface area contributed by atoms with Gasteiger partial charge in [-0.15, -0.1) is 0 Å². The molecule has 2 heterocycles. The van der Waals surface area contributed by atoms with Gasteiger partial charge in [-0.05, 0) is 6.07 Å². The number of pyridine rings is 1. The number of nitrogens with one attached hydrogen (secondary N) is 1. The number of carbonyl (C=O) groups is 1. The zero-order valence-electron chi connectivity index (χ0n) is 6.77. The highest BCUT2D eigenvalue weighted by atomic mass is 16.2. The first kappa shape index (κ1) is 7.60. The van der Waals surface area contributed by atoms with Gasteiger partial charge in [0.15, 0.2) is 0 Å². The molecular weight excluding hydrogens is 168 g/mol. The van der Waals surface area contributed by atoms with Crippen LogP contribution in [-0.2, 0) is 0 Å². The van der Waals surface area contributed by atoms with E-state index in [1.165, 1.54) is 4.90 Å². The molecule has 3 N–H and O–H groups in total. The lowest BCUT2D eigenvalue weighted by Gasteiger charge is -2.22. The third-order valence-corrected chi connectivity index (χ3v) is 1.76. The van der Waals surface area contributed by atoms with Crippen molar-refractivity contribution in [3.8, 4) is 0 Å². The van der Waals surface area contributed by atoms with Crippen LogP contribution in [0.15, 0.2) is 30.9 Å². The number of carbonyl (C=O) groups excluding carboxylic acids is 1. The molecule has 0 saturated heterocycles. The van der Waals surface area contributed by atoms with Crippen LogP contribution in [0, 0.1) is 0 Å². The summed E-state index contributed by atoms with van der Waals surface area (Å²) in [6.07, 6.45) is 6.43. The van der Waals surface area contributed by atoms with Gasteiger partial charge in [0.05, 0.1) is 17.6 Å². The molecule has 1 aromatic heterocycles. The third kappa shape index (κ3) is 1.20. The third-order valence-electron chi connectivity index (χ3n) is 1.76. The molecule has 1 aliphatic heterocycles. The SMILES string of the molecule is NC(=O)N1C=CNc2ccncc21. The maximum atomic E-state index is 11.0. The first-order valence-corrected chi connectivity index (χ1v) is 3.75. The summed E-state index contributed by atoms with van der Waals surface area (Å²) in [7, 11) is 0. The van der Waals surface area contributed by atoms with Crippen LogP contribution in [0.3, 0.4) is 0 Å². The van der Waals surface area contributed by atoms with Gasteiger partial charge in [-0.3, -0.25) is 9.88 Å². The van der Waals surface area contributed by atoms with E-state index in [4.69, 9.17) is 5.73 Å². The molecule has 0 bridgehead atoms. The smallest absolute Gasteiger partial charge is 0.323 e. The van der Waals surface area contributed by atoms with Crippen LogP contribution >= 0.6 is 0 Å². The van der Waals surface area contributed by atoms with Gasteiger partial charge in [0.1, 0.15) is 0 Å². The Morgan fingerprint density at radius 3 is 3.23 bits per heavy atom. The number of nitrogens with zero attached hydrogens (tertiary/aromatic N) is 2. The molecule has 2 rings (SSSR count). The van der Waals surface area contributed by atoms with E-state index in [0.717, 1.165) is 5.69 Å². The number of hydrogen-bond acceptors (Lipinski definition) is 3. The van der Waals surface area contributed by atoms with Crippen molar-refractivity contribution in [2.24, 2.45) is 5.73 Å². The summed E-state index contributed by atoms with van der Waals surface area (Å²) in [5.74, 6) is 0. The predicted octanol–water partition coefficient (Wildman–Crippen LogP) is 0.863. The molecule has 5 heteroatoms. The van der Waals surface area contributed by atoms with E-state index in [0.29, 0.717) is 5.69 Å². The van der Waals surface area contributed by atoms with Gasteiger partial charge in [-0.25, -0.2) is 4.79 Å². The maximum absolute atomic E-state index is 11.0. The first-order chi connectivity index (χ1) is 6.29. The number of aromatic nitrogens is 1. The molecule has 1 aliphatic rings. The molecule has 0 atom stereocenters. The van der Waals surface area contributed by atoms with Gasteiger partial charge in [0, 0.05) is 18.6 Å². The van der Waals surface area contributed by atoms with Gasteiger partial charge >= 0.3 is 6.03 Å². The summed E-state index contributed by atoms with van der Waals surface area (Å²) < 4.78 is 0. The molecule has 66 valence electrons. The van der Waals surface area contributed by atoms with E-state index < -0.39 is 6.03 Å². The first-order valence-electron chi connectivity index (χ1n) is 3.75. The average Bonchev–Trinajstić information content (AvgIpc) is 2.17. The summed E-state index contributed by atoms with van der Waals surface area (Å²) in [6, 6.07) is 1.25. The number of fused-ring (bicyclic) bond motifs is 1. The minimum absolute atomic E-state index is 0.521. The zero-order valence-corrected chi connectivity index (χ0v) is 6.77. The summed E-state index contributed by atoms with van der Waals surface area (Å²) in [5.41, 5.74) is 6.64. The Balaban J connectivity index is 2.48. The van der Waals surface area contributed by atoms with Crippen molar-refractivity contribution in [1.82, 2.24) is 4.98 Å². The van der Waals surface area contributed by atoms with E-state index in [1.807, 2.05) is 0 Å². The second kappa shape index (κ2) is 2.78. The van der Waals surface area contributed by atoms with Crippen LogP contribution in [0.1, 0.15) is 0 Å². The minimum Gasteiger partial charge on any atom is -0.359 e. The lowest BCUT2D eigenvalue weighted by molar-refractivity contribution is 0.256. The van der Waals surface area contributed by atoms with Gasteiger partial charge in [-0.2, -0.15) is 0 Å². The van der Waals surface area contributed by atoms with E-state index in [-0.39, 0.29) is 0 Å². The minimum atomic E-state index is -0.521. The number of primary amides is 1. The Labute approximate surface area is 74.9 Å². The van der Waals surface area contributed by atoms with Gasteiger partial charge in [0.2, 0.25) is 0 Å². The van der Waals surface area contributed by atoms with Crippen molar-refractivity contribution in [3.05, 3.63) is 30.9 Å². The molecule has 0 radical (unpaired) electrons.